The van der Waals surface area contributed by atoms with E-state index in [9.17, 15) is 0 Å². The van der Waals surface area contributed by atoms with E-state index in [4.69, 9.17) is 5.10 Å². The summed E-state index contributed by atoms with van der Waals surface area (Å²) < 4.78 is 0. The summed E-state index contributed by atoms with van der Waals surface area (Å²) in [5.41, 5.74) is 4.55. The average Bonchev–Trinajstić information content (AvgIpc) is 2.86. The first-order valence-corrected chi connectivity index (χ1v) is 10.8. The van der Waals surface area contributed by atoms with Gasteiger partial charge in [-0.3, -0.25) is 9.89 Å². The minimum atomic E-state index is 0.0278. The van der Waals surface area contributed by atoms with Crippen LogP contribution in [0.5, 0.6) is 0 Å². The lowest BCUT2D eigenvalue weighted by Crippen LogP contribution is -2.54. The fourth-order valence-electron chi connectivity index (χ4n) is 4.12. The molecule has 0 saturated carbocycles. The van der Waals surface area contributed by atoms with Crippen molar-refractivity contribution in [2.24, 2.45) is 4.99 Å². The summed E-state index contributed by atoms with van der Waals surface area (Å²) in [7, 11) is 0. The number of aliphatic imine (C=N–C) groups is 1. The summed E-state index contributed by atoms with van der Waals surface area (Å²) in [6.45, 7) is 3.63. The minimum absolute atomic E-state index is 0.0278. The molecule has 3 aromatic rings. The number of piperazine rings is 1. The Kier molecular flexibility index (Phi) is 5.71. The van der Waals surface area contributed by atoms with Gasteiger partial charge in [-0.2, -0.15) is 5.10 Å². The van der Waals surface area contributed by atoms with E-state index in [-0.39, 0.29) is 6.29 Å². The van der Waals surface area contributed by atoms with Crippen LogP contribution in [0.4, 0.5) is 5.82 Å². The van der Waals surface area contributed by atoms with Crippen molar-refractivity contribution < 1.29 is 0 Å². The second-order valence-corrected chi connectivity index (χ2v) is 7.82. The molecule has 1 N–H and O–H groups in total. The summed E-state index contributed by atoms with van der Waals surface area (Å²) in [6, 6.07) is 23.1. The molecule has 5 rings (SSSR count). The van der Waals surface area contributed by atoms with Crippen LogP contribution in [0.1, 0.15) is 11.3 Å². The van der Waals surface area contributed by atoms with Gasteiger partial charge in [-0.15, -0.1) is 5.10 Å². The summed E-state index contributed by atoms with van der Waals surface area (Å²) in [4.78, 5) is 9.23. The van der Waals surface area contributed by atoms with Crippen molar-refractivity contribution in [1.82, 2.24) is 20.4 Å². The zero-order valence-corrected chi connectivity index (χ0v) is 17.4. The highest BCUT2D eigenvalue weighted by atomic mass is 15.4. The van der Waals surface area contributed by atoms with Gasteiger partial charge < -0.3 is 10.2 Å². The molecule has 1 atom stereocenters. The average molecular weight is 411 g/mol. The van der Waals surface area contributed by atoms with Gasteiger partial charge in [-0.1, -0.05) is 60.7 Å². The Morgan fingerprint density at radius 2 is 1.61 bits per heavy atom. The van der Waals surface area contributed by atoms with Gasteiger partial charge in [0.25, 0.3) is 0 Å². The predicted octanol–water partition coefficient (Wildman–Crippen LogP) is 3.33. The van der Waals surface area contributed by atoms with Gasteiger partial charge >= 0.3 is 0 Å². The summed E-state index contributed by atoms with van der Waals surface area (Å²) in [5.74, 6) is 0.961. The van der Waals surface area contributed by atoms with Crippen LogP contribution in [-0.2, 0) is 6.42 Å². The Labute approximate surface area is 183 Å². The van der Waals surface area contributed by atoms with Gasteiger partial charge in [0.2, 0.25) is 0 Å². The van der Waals surface area contributed by atoms with Gasteiger partial charge in [0.05, 0.1) is 5.69 Å². The maximum atomic E-state index is 4.71. The van der Waals surface area contributed by atoms with Crippen molar-refractivity contribution in [2.75, 3.05) is 31.1 Å². The molecule has 0 aliphatic carbocycles. The number of nitrogens with zero attached hydrogens (tertiary/aromatic N) is 5. The van der Waals surface area contributed by atoms with E-state index in [1.54, 1.807) is 0 Å². The second kappa shape index (κ2) is 9.10. The Morgan fingerprint density at radius 1 is 0.871 bits per heavy atom. The number of nitrogens with one attached hydrogen (secondary N) is 1. The SMILES string of the molecule is C1=CNC(N2CCN(c3nnc(Cc4ccccc4)cc3-c3ccccc3)CC2)N=C1. The maximum absolute atomic E-state index is 4.71. The van der Waals surface area contributed by atoms with Gasteiger partial charge in [0.15, 0.2) is 12.1 Å². The molecule has 2 aromatic carbocycles. The van der Waals surface area contributed by atoms with Crippen LogP contribution in [0.3, 0.4) is 0 Å². The number of aromatic nitrogens is 2. The highest BCUT2D eigenvalue weighted by molar-refractivity contribution is 5.76. The van der Waals surface area contributed by atoms with Crippen molar-refractivity contribution in [3.63, 3.8) is 0 Å². The third kappa shape index (κ3) is 4.49. The molecular weight excluding hydrogens is 384 g/mol. The first-order valence-electron chi connectivity index (χ1n) is 10.8. The Hall–Kier alpha value is -3.51. The van der Waals surface area contributed by atoms with Crippen LogP contribution in [0, 0.1) is 0 Å². The molecule has 1 fully saturated rings. The highest BCUT2D eigenvalue weighted by Crippen LogP contribution is 2.30. The molecule has 0 bridgehead atoms. The Balaban J connectivity index is 1.39. The van der Waals surface area contributed by atoms with E-state index in [0.29, 0.717) is 0 Å². The standard InChI is InChI=1S/C25H26N6/c1-3-8-20(9-4-1)18-22-19-23(21-10-5-2-6-11-21)24(29-28-22)30-14-16-31(17-15-30)25-26-12-7-13-27-25/h1-13,19,25-26H,14-18H2. The van der Waals surface area contributed by atoms with Crippen LogP contribution < -0.4 is 10.2 Å². The van der Waals surface area contributed by atoms with Crippen LogP contribution in [0.2, 0.25) is 0 Å². The van der Waals surface area contributed by atoms with E-state index in [1.807, 2.05) is 30.6 Å². The third-order valence-electron chi connectivity index (χ3n) is 5.75. The van der Waals surface area contributed by atoms with E-state index >= 15 is 0 Å². The molecule has 6 heteroatoms. The lowest BCUT2D eigenvalue weighted by Gasteiger charge is -2.39. The summed E-state index contributed by atoms with van der Waals surface area (Å²) in [5, 5.41) is 12.6. The summed E-state index contributed by atoms with van der Waals surface area (Å²) >= 11 is 0. The Morgan fingerprint density at radius 3 is 2.32 bits per heavy atom. The fraction of sp³-hybridized carbons (Fsp3) is 0.240. The second-order valence-electron chi connectivity index (χ2n) is 7.82. The van der Waals surface area contributed by atoms with Crippen molar-refractivity contribution in [1.29, 1.82) is 0 Å². The predicted molar refractivity (Wildman–Crippen MR) is 125 cm³/mol. The zero-order valence-electron chi connectivity index (χ0n) is 17.4. The molecule has 2 aliphatic rings. The maximum Gasteiger partial charge on any atom is 0.175 e. The van der Waals surface area contributed by atoms with Gasteiger partial charge in [0, 0.05) is 50.6 Å². The van der Waals surface area contributed by atoms with Gasteiger partial charge in [-0.05, 0) is 23.3 Å². The van der Waals surface area contributed by atoms with E-state index in [1.165, 1.54) is 11.1 Å². The number of rotatable bonds is 5. The monoisotopic (exact) mass is 410 g/mol. The van der Waals surface area contributed by atoms with E-state index < -0.39 is 0 Å². The molecule has 0 radical (unpaired) electrons. The molecule has 1 aromatic heterocycles. The van der Waals surface area contributed by atoms with Crippen LogP contribution in [-0.4, -0.2) is 53.8 Å². The van der Waals surface area contributed by atoms with E-state index in [0.717, 1.165) is 49.7 Å². The smallest absolute Gasteiger partial charge is 0.175 e. The van der Waals surface area contributed by atoms with Crippen LogP contribution in [0.15, 0.2) is 84.0 Å². The van der Waals surface area contributed by atoms with Crippen molar-refractivity contribution in [3.8, 4) is 11.1 Å². The first-order chi connectivity index (χ1) is 15.4. The normalized spacial score (nSPS) is 18.7. The molecule has 156 valence electrons. The number of allylic oxidation sites excluding steroid dienone is 1. The number of benzene rings is 2. The molecule has 2 aliphatic heterocycles. The highest BCUT2D eigenvalue weighted by Gasteiger charge is 2.25. The molecule has 0 amide bonds. The van der Waals surface area contributed by atoms with Crippen LogP contribution in [0.25, 0.3) is 11.1 Å². The van der Waals surface area contributed by atoms with Crippen molar-refractivity contribution in [3.05, 3.63) is 90.3 Å². The van der Waals surface area contributed by atoms with Gasteiger partial charge in [-0.25, -0.2) is 0 Å². The topological polar surface area (TPSA) is 56.6 Å². The number of hydrogen-bond acceptors (Lipinski definition) is 6. The van der Waals surface area contributed by atoms with Crippen molar-refractivity contribution in [2.45, 2.75) is 12.7 Å². The molecular formula is C25H26N6. The zero-order chi connectivity index (χ0) is 20.9. The molecule has 1 unspecified atom stereocenters. The van der Waals surface area contributed by atoms with Gasteiger partial charge in [0.1, 0.15) is 0 Å². The Bertz CT molecular complexity index is 1060. The molecule has 31 heavy (non-hydrogen) atoms. The number of hydrogen-bond donors (Lipinski definition) is 1. The fourth-order valence-corrected chi connectivity index (χ4v) is 4.12. The quantitative estimate of drug-likeness (QED) is 0.699. The summed E-state index contributed by atoms with van der Waals surface area (Å²) in [6.07, 6.45) is 6.54. The van der Waals surface area contributed by atoms with Crippen LogP contribution >= 0.6 is 0 Å². The largest absolute Gasteiger partial charge is 0.358 e. The lowest BCUT2D eigenvalue weighted by molar-refractivity contribution is 0.173. The van der Waals surface area contributed by atoms with E-state index in [2.05, 4.69) is 79.8 Å². The first kappa shape index (κ1) is 19.5. The number of anilines is 1. The lowest BCUT2D eigenvalue weighted by atomic mass is 10.0. The molecule has 6 nitrogen and oxygen atoms in total. The molecule has 1 saturated heterocycles. The minimum Gasteiger partial charge on any atom is -0.358 e. The van der Waals surface area contributed by atoms with Crippen molar-refractivity contribution >= 4 is 12.0 Å². The third-order valence-corrected chi connectivity index (χ3v) is 5.75. The molecule has 3 heterocycles. The molecule has 0 spiro atoms.